The Kier molecular flexibility index (Phi) is 3.63. The van der Waals surface area contributed by atoms with Crippen LogP contribution in [0.2, 0.25) is 0 Å². The molecule has 0 saturated carbocycles. The van der Waals surface area contributed by atoms with Crippen LogP contribution in [0.4, 0.5) is 5.69 Å². The maximum absolute atomic E-state index is 4.56. The van der Waals surface area contributed by atoms with E-state index >= 15 is 0 Å². The Morgan fingerprint density at radius 2 is 1.50 bits per heavy atom. The topological polar surface area (TPSA) is 24.9 Å². The van der Waals surface area contributed by atoms with E-state index in [2.05, 4.69) is 107 Å². The Morgan fingerprint density at radius 1 is 0.750 bits per heavy atom. The number of pyridine rings is 1. The summed E-state index contributed by atoms with van der Waals surface area (Å²) < 4.78 is 0. The van der Waals surface area contributed by atoms with Gasteiger partial charge in [-0.05, 0) is 57.5 Å². The second-order valence-electron chi connectivity index (χ2n) is 8.84. The molecule has 0 radical (unpaired) electrons. The molecule has 2 heteroatoms. The number of nitrogens with zero attached hydrogens (tertiary/aromatic N) is 1. The molecular weight excluding hydrogens is 388 g/mol. The number of hydrogen-bond donors (Lipinski definition) is 1. The molecule has 1 aliphatic heterocycles. The van der Waals surface area contributed by atoms with E-state index in [0.29, 0.717) is 6.04 Å². The summed E-state index contributed by atoms with van der Waals surface area (Å²) in [5.41, 5.74) is 11.7. The Balaban J connectivity index is 1.58. The van der Waals surface area contributed by atoms with Gasteiger partial charge in [-0.3, -0.25) is 4.98 Å². The highest BCUT2D eigenvalue weighted by atomic mass is 15.0. The molecule has 32 heavy (non-hydrogen) atoms. The summed E-state index contributed by atoms with van der Waals surface area (Å²) in [5.74, 6) is 0. The fourth-order valence-electron chi connectivity index (χ4n) is 6.08. The normalized spacial score (nSPS) is 22.4. The minimum atomic E-state index is -0.364. The van der Waals surface area contributed by atoms with Crippen LogP contribution in [-0.2, 0) is 5.41 Å². The summed E-state index contributed by atoms with van der Waals surface area (Å²) in [7, 11) is 0. The number of para-hydroxylation sites is 1. The number of rotatable bonds is 2. The lowest BCUT2D eigenvalue weighted by Gasteiger charge is -2.36. The van der Waals surface area contributed by atoms with Crippen LogP contribution in [0.15, 0.2) is 115 Å². The molecule has 7 rings (SSSR count). The Labute approximate surface area is 188 Å². The second-order valence-corrected chi connectivity index (χ2v) is 8.84. The highest BCUT2D eigenvalue weighted by molar-refractivity contribution is 5.98. The van der Waals surface area contributed by atoms with E-state index in [-0.39, 0.29) is 5.41 Å². The third kappa shape index (κ3) is 2.22. The van der Waals surface area contributed by atoms with E-state index in [1.165, 1.54) is 50.2 Å². The van der Waals surface area contributed by atoms with Gasteiger partial charge in [-0.2, -0.15) is 0 Å². The first-order chi connectivity index (χ1) is 15.9. The Bertz CT molecular complexity index is 1370. The average molecular weight is 411 g/mol. The van der Waals surface area contributed by atoms with E-state index < -0.39 is 0 Å². The van der Waals surface area contributed by atoms with Crippen molar-refractivity contribution < 1.29 is 0 Å². The molecule has 152 valence electrons. The van der Waals surface area contributed by atoms with Crippen molar-refractivity contribution in [1.29, 1.82) is 0 Å². The lowest BCUT2D eigenvalue weighted by atomic mass is 9.66. The molecule has 0 spiro atoms. The molecule has 2 aliphatic carbocycles. The van der Waals surface area contributed by atoms with Crippen LogP contribution < -0.4 is 5.32 Å². The summed E-state index contributed by atoms with van der Waals surface area (Å²) in [5, 5.41) is 3.77. The zero-order valence-electron chi connectivity index (χ0n) is 17.6. The van der Waals surface area contributed by atoms with Crippen molar-refractivity contribution in [1.82, 2.24) is 4.98 Å². The van der Waals surface area contributed by atoms with E-state index in [1.54, 1.807) is 0 Å². The van der Waals surface area contributed by atoms with Crippen molar-refractivity contribution in [2.75, 3.05) is 5.32 Å². The van der Waals surface area contributed by atoms with E-state index in [0.717, 1.165) is 6.42 Å². The lowest BCUT2D eigenvalue weighted by molar-refractivity contribution is 0.750. The smallest absolute Gasteiger partial charge is 0.0725 e. The van der Waals surface area contributed by atoms with Crippen LogP contribution in [-0.4, -0.2) is 11.0 Å². The van der Waals surface area contributed by atoms with Gasteiger partial charge in [0, 0.05) is 23.6 Å². The summed E-state index contributed by atoms with van der Waals surface area (Å²) in [4.78, 5) is 4.56. The zero-order valence-corrected chi connectivity index (χ0v) is 17.6. The molecule has 1 aromatic heterocycles. The molecule has 0 bridgehead atoms. The van der Waals surface area contributed by atoms with Gasteiger partial charge < -0.3 is 5.32 Å². The van der Waals surface area contributed by atoms with Gasteiger partial charge in [0.2, 0.25) is 0 Å². The minimum absolute atomic E-state index is 0.319. The maximum atomic E-state index is 4.56. The van der Waals surface area contributed by atoms with Gasteiger partial charge in [0.1, 0.15) is 0 Å². The van der Waals surface area contributed by atoms with Crippen LogP contribution in [0.5, 0.6) is 0 Å². The van der Waals surface area contributed by atoms with Crippen molar-refractivity contribution in [3.63, 3.8) is 0 Å². The largest absolute Gasteiger partial charge is 0.377 e. The van der Waals surface area contributed by atoms with Crippen molar-refractivity contribution in [2.45, 2.75) is 17.9 Å². The molecule has 3 aromatic carbocycles. The maximum Gasteiger partial charge on any atom is 0.0725 e. The van der Waals surface area contributed by atoms with Crippen LogP contribution in [0, 0.1) is 0 Å². The van der Waals surface area contributed by atoms with Crippen molar-refractivity contribution in [3.05, 3.63) is 143 Å². The molecule has 2 atom stereocenters. The lowest BCUT2D eigenvalue weighted by Crippen LogP contribution is -2.30. The number of anilines is 1. The van der Waals surface area contributed by atoms with Gasteiger partial charge in [0.05, 0.1) is 11.5 Å². The van der Waals surface area contributed by atoms with Crippen LogP contribution in [0.3, 0.4) is 0 Å². The molecule has 0 amide bonds. The van der Waals surface area contributed by atoms with Crippen LogP contribution in [0.1, 0.15) is 34.2 Å². The molecule has 4 aromatic rings. The number of hydrogen-bond acceptors (Lipinski definition) is 2. The van der Waals surface area contributed by atoms with Gasteiger partial charge in [0.25, 0.3) is 0 Å². The van der Waals surface area contributed by atoms with Crippen molar-refractivity contribution in [3.8, 4) is 0 Å². The number of allylic oxidation sites excluding steroid dienone is 2. The molecule has 0 saturated heterocycles. The fraction of sp³-hybridized carbons (Fsp3) is 0.100. The summed E-state index contributed by atoms with van der Waals surface area (Å²) in [6.07, 6.45) is 7.38. The van der Waals surface area contributed by atoms with Gasteiger partial charge in [-0.25, -0.2) is 0 Å². The molecule has 2 heterocycles. The quantitative estimate of drug-likeness (QED) is 0.410. The first-order valence-corrected chi connectivity index (χ1v) is 11.2. The van der Waals surface area contributed by atoms with Crippen molar-refractivity contribution >= 4 is 16.8 Å². The molecule has 1 unspecified atom stereocenters. The minimum Gasteiger partial charge on any atom is -0.377 e. The molecule has 3 aliphatic rings. The van der Waals surface area contributed by atoms with Gasteiger partial charge in [-0.1, -0.05) is 84.9 Å². The highest BCUT2D eigenvalue weighted by Gasteiger charge is 2.49. The van der Waals surface area contributed by atoms with Gasteiger partial charge in [-0.15, -0.1) is 0 Å². The Morgan fingerprint density at radius 3 is 2.34 bits per heavy atom. The summed E-state index contributed by atoms with van der Waals surface area (Å²) >= 11 is 0. The number of aromatic nitrogens is 1. The SMILES string of the molecule is C1=C2c3ccccc3NC2CC2=C1[C@](c1ccccc1)(c1cccnc1)c1ccccc12. The second kappa shape index (κ2) is 6.54. The molecular formula is C30H22N2. The monoisotopic (exact) mass is 410 g/mol. The highest BCUT2D eigenvalue weighted by Crippen LogP contribution is 2.59. The molecule has 1 N–H and O–H groups in total. The standard InChI is InChI=1S/C30H22N2/c1-2-9-20(10-3-1)30(21-11-8-16-31-19-21)26-14-6-4-12-22(26)24-18-29-25(17-27(24)30)23-13-5-7-15-28(23)32-29/h1-17,19,29,32H,18H2/t29?,30-/m1/s1. The van der Waals surface area contributed by atoms with Crippen LogP contribution in [0.25, 0.3) is 11.1 Å². The summed E-state index contributed by atoms with van der Waals surface area (Å²) in [6.45, 7) is 0. The predicted molar refractivity (Wildman–Crippen MR) is 130 cm³/mol. The number of benzene rings is 3. The van der Waals surface area contributed by atoms with E-state index in [4.69, 9.17) is 0 Å². The zero-order chi connectivity index (χ0) is 21.1. The first-order valence-electron chi connectivity index (χ1n) is 11.2. The van der Waals surface area contributed by atoms with Crippen molar-refractivity contribution in [2.24, 2.45) is 0 Å². The van der Waals surface area contributed by atoms with Gasteiger partial charge >= 0.3 is 0 Å². The van der Waals surface area contributed by atoms with Gasteiger partial charge in [0.15, 0.2) is 0 Å². The number of nitrogens with one attached hydrogen (secondary N) is 1. The predicted octanol–water partition coefficient (Wildman–Crippen LogP) is 6.46. The number of fused-ring (bicyclic) bond motifs is 5. The first kappa shape index (κ1) is 17.7. The third-order valence-corrected chi connectivity index (χ3v) is 7.34. The average Bonchev–Trinajstić information content (AvgIpc) is 3.37. The third-order valence-electron chi connectivity index (χ3n) is 7.34. The fourth-order valence-corrected chi connectivity index (χ4v) is 6.08. The summed E-state index contributed by atoms with van der Waals surface area (Å²) in [6, 6.07) is 33.2. The van der Waals surface area contributed by atoms with E-state index in [9.17, 15) is 0 Å². The van der Waals surface area contributed by atoms with E-state index in [1.807, 2.05) is 12.4 Å². The molecule has 0 fully saturated rings. The van der Waals surface area contributed by atoms with Crippen LogP contribution >= 0.6 is 0 Å². The molecule has 2 nitrogen and oxygen atoms in total. The Hall–Kier alpha value is -3.91.